The van der Waals surface area contributed by atoms with Gasteiger partial charge >= 0.3 is 6.09 Å². The second kappa shape index (κ2) is 6.40. The topological polar surface area (TPSA) is 46.6 Å². The molecule has 0 unspecified atom stereocenters. The number of hydrogen-bond donors (Lipinski definition) is 0. The summed E-state index contributed by atoms with van der Waals surface area (Å²) < 4.78 is 5.49. The fourth-order valence-electron chi connectivity index (χ4n) is 2.58. The smallest absolute Gasteiger partial charge is 0.410 e. The molecule has 0 saturated carbocycles. The van der Waals surface area contributed by atoms with E-state index in [1.807, 2.05) is 25.7 Å². The first-order valence-electron chi connectivity index (χ1n) is 7.21. The molecule has 1 fully saturated rings. The SMILES string of the molecule is CC(=O)CC[C@@H]1CCC[C@@H](C)N1C(=O)OC(C)(C)C. The van der Waals surface area contributed by atoms with Gasteiger partial charge in [-0.2, -0.15) is 0 Å². The summed E-state index contributed by atoms with van der Waals surface area (Å²) in [4.78, 5) is 25.3. The maximum atomic E-state index is 12.3. The van der Waals surface area contributed by atoms with E-state index in [2.05, 4.69) is 6.92 Å². The van der Waals surface area contributed by atoms with Gasteiger partial charge in [0.05, 0.1) is 0 Å². The molecule has 1 aliphatic rings. The molecule has 1 amide bonds. The molecule has 2 atom stereocenters. The van der Waals surface area contributed by atoms with Crippen LogP contribution in [-0.4, -0.2) is 34.5 Å². The molecule has 0 spiro atoms. The fourth-order valence-corrected chi connectivity index (χ4v) is 2.58. The molecular weight excluding hydrogens is 242 g/mol. The average molecular weight is 269 g/mol. The molecule has 4 heteroatoms. The van der Waals surface area contributed by atoms with Gasteiger partial charge in [-0.05, 0) is 60.3 Å². The summed E-state index contributed by atoms with van der Waals surface area (Å²) in [5.41, 5.74) is -0.473. The Labute approximate surface area is 116 Å². The second-order valence-electron chi connectivity index (χ2n) is 6.56. The zero-order valence-electron chi connectivity index (χ0n) is 12.9. The Kier molecular flexibility index (Phi) is 5.39. The van der Waals surface area contributed by atoms with Crippen molar-refractivity contribution in [1.29, 1.82) is 0 Å². The molecule has 4 nitrogen and oxygen atoms in total. The molecule has 1 saturated heterocycles. The predicted octanol–water partition coefficient (Wildman–Crippen LogP) is 3.53. The summed E-state index contributed by atoms with van der Waals surface area (Å²) in [6.07, 6.45) is 4.14. The first-order valence-corrected chi connectivity index (χ1v) is 7.21. The van der Waals surface area contributed by atoms with E-state index in [0.29, 0.717) is 6.42 Å². The quantitative estimate of drug-likeness (QED) is 0.787. The lowest BCUT2D eigenvalue weighted by molar-refractivity contribution is -0.117. The molecule has 0 aromatic heterocycles. The third kappa shape index (κ3) is 5.21. The van der Waals surface area contributed by atoms with Crippen LogP contribution in [0.5, 0.6) is 0 Å². The van der Waals surface area contributed by atoms with Crippen LogP contribution >= 0.6 is 0 Å². The van der Waals surface area contributed by atoms with Crippen LogP contribution in [-0.2, 0) is 9.53 Å². The highest BCUT2D eigenvalue weighted by atomic mass is 16.6. The van der Waals surface area contributed by atoms with Crippen molar-refractivity contribution in [3.63, 3.8) is 0 Å². The van der Waals surface area contributed by atoms with Crippen LogP contribution in [0, 0.1) is 0 Å². The van der Waals surface area contributed by atoms with Crippen LogP contribution in [0.1, 0.15) is 66.7 Å². The van der Waals surface area contributed by atoms with Gasteiger partial charge in [0.15, 0.2) is 0 Å². The monoisotopic (exact) mass is 269 g/mol. The third-order valence-electron chi connectivity index (χ3n) is 3.46. The highest BCUT2D eigenvalue weighted by molar-refractivity contribution is 5.75. The maximum Gasteiger partial charge on any atom is 0.410 e. The van der Waals surface area contributed by atoms with Crippen LogP contribution < -0.4 is 0 Å². The van der Waals surface area contributed by atoms with Gasteiger partial charge < -0.3 is 14.4 Å². The van der Waals surface area contributed by atoms with E-state index >= 15 is 0 Å². The Morgan fingerprint density at radius 3 is 2.42 bits per heavy atom. The Morgan fingerprint density at radius 1 is 1.26 bits per heavy atom. The van der Waals surface area contributed by atoms with Crippen molar-refractivity contribution in [3.05, 3.63) is 0 Å². The van der Waals surface area contributed by atoms with E-state index in [1.54, 1.807) is 6.92 Å². The number of nitrogens with zero attached hydrogens (tertiary/aromatic N) is 1. The molecule has 0 aromatic rings. The minimum Gasteiger partial charge on any atom is -0.444 e. The van der Waals surface area contributed by atoms with Crippen molar-refractivity contribution in [2.45, 2.75) is 84.4 Å². The van der Waals surface area contributed by atoms with Gasteiger partial charge in [0.25, 0.3) is 0 Å². The van der Waals surface area contributed by atoms with E-state index < -0.39 is 5.60 Å². The van der Waals surface area contributed by atoms with E-state index in [0.717, 1.165) is 25.7 Å². The molecule has 19 heavy (non-hydrogen) atoms. The number of ether oxygens (including phenoxy) is 1. The second-order valence-corrected chi connectivity index (χ2v) is 6.56. The largest absolute Gasteiger partial charge is 0.444 e. The first kappa shape index (κ1) is 16.0. The van der Waals surface area contributed by atoms with Gasteiger partial charge in [-0.1, -0.05) is 0 Å². The summed E-state index contributed by atoms with van der Waals surface area (Å²) in [6, 6.07) is 0.336. The van der Waals surface area contributed by atoms with Crippen molar-refractivity contribution in [3.8, 4) is 0 Å². The van der Waals surface area contributed by atoms with Crippen molar-refractivity contribution in [2.24, 2.45) is 0 Å². The Bertz CT molecular complexity index is 333. The normalized spacial score (nSPS) is 24.2. The predicted molar refractivity (Wildman–Crippen MR) is 75.1 cm³/mol. The number of carbonyl (C=O) groups is 2. The van der Waals surface area contributed by atoms with Gasteiger partial charge in [0.2, 0.25) is 0 Å². The first-order chi connectivity index (χ1) is 8.70. The fraction of sp³-hybridized carbons (Fsp3) is 0.867. The molecule has 0 N–H and O–H groups in total. The van der Waals surface area contributed by atoms with Crippen molar-refractivity contribution >= 4 is 11.9 Å². The number of piperidine rings is 1. The van der Waals surface area contributed by atoms with Crippen molar-refractivity contribution in [1.82, 2.24) is 4.90 Å². The maximum absolute atomic E-state index is 12.3. The number of hydrogen-bond acceptors (Lipinski definition) is 3. The van der Waals surface area contributed by atoms with E-state index in [-0.39, 0.29) is 24.0 Å². The summed E-state index contributed by atoms with van der Waals surface area (Å²) >= 11 is 0. The molecule has 0 bridgehead atoms. The highest BCUT2D eigenvalue weighted by Crippen LogP contribution is 2.27. The molecular formula is C15H27NO3. The molecule has 1 aliphatic heterocycles. The number of rotatable bonds is 3. The number of amides is 1. The Balaban J connectivity index is 2.71. The third-order valence-corrected chi connectivity index (χ3v) is 3.46. The summed E-state index contributed by atoms with van der Waals surface area (Å²) in [7, 11) is 0. The number of Topliss-reactive ketones (excluding diaryl/α,β-unsaturated/α-hetero) is 1. The average Bonchev–Trinajstić information content (AvgIpc) is 2.23. The minimum absolute atomic E-state index is 0.141. The van der Waals surface area contributed by atoms with Crippen LogP contribution in [0.15, 0.2) is 0 Å². The van der Waals surface area contributed by atoms with Crippen LogP contribution in [0.25, 0.3) is 0 Å². The molecule has 0 radical (unpaired) electrons. The van der Waals surface area contributed by atoms with Crippen molar-refractivity contribution < 1.29 is 14.3 Å². The van der Waals surface area contributed by atoms with Gasteiger partial charge in [-0.3, -0.25) is 0 Å². The zero-order valence-corrected chi connectivity index (χ0v) is 12.9. The van der Waals surface area contributed by atoms with E-state index in [1.165, 1.54) is 0 Å². The van der Waals surface area contributed by atoms with Gasteiger partial charge in [-0.25, -0.2) is 4.79 Å². The Morgan fingerprint density at radius 2 is 1.89 bits per heavy atom. The molecule has 0 aliphatic carbocycles. The minimum atomic E-state index is -0.473. The number of carbonyl (C=O) groups excluding carboxylic acids is 2. The van der Waals surface area contributed by atoms with Crippen molar-refractivity contribution in [2.75, 3.05) is 0 Å². The molecule has 0 aromatic carbocycles. The number of likely N-dealkylation sites (tertiary alicyclic amines) is 1. The van der Waals surface area contributed by atoms with Crippen LogP contribution in [0.2, 0.25) is 0 Å². The molecule has 110 valence electrons. The van der Waals surface area contributed by atoms with Gasteiger partial charge in [-0.15, -0.1) is 0 Å². The van der Waals surface area contributed by atoms with Crippen LogP contribution in [0.3, 0.4) is 0 Å². The lowest BCUT2D eigenvalue weighted by Crippen LogP contribution is -2.50. The summed E-state index contributed by atoms with van der Waals surface area (Å²) in [5, 5.41) is 0. The molecule has 1 rings (SSSR count). The van der Waals surface area contributed by atoms with Gasteiger partial charge in [0, 0.05) is 18.5 Å². The lowest BCUT2D eigenvalue weighted by Gasteiger charge is -2.41. The van der Waals surface area contributed by atoms with E-state index in [9.17, 15) is 9.59 Å². The summed E-state index contributed by atoms with van der Waals surface area (Å²) in [6.45, 7) is 9.30. The van der Waals surface area contributed by atoms with Gasteiger partial charge in [0.1, 0.15) is 11.4 Å². The van der Waals surface area contributed by atoms with Crippen LogP contribution in [0.4, 0.5) is 4.79 Å². The highest BCUT2D eigenvalue weighted by Gasteiger charge is 2.34. The Hall–Kier alpha value is -1.06. The van der Waals surface area contributed by atoms with E-state index in [4.69, 9.17) is 4.74 Å². The lowest BCUT2D eigenvalue weighted by atomic mass is 9.93. The number of ketones is 1. The summed E-state index contributed by atoms with van der Waals surface area (Å²) in [5.74, 6) is 0.183. The zero-order chi connectivity index (χ0) is 14.6. The standard InChI is InChI=1S/C15H27NO3/c1-11-7-6-8-13(10-9-12(2)17)16(11)14(18)19-15(3,4)5/h11,13H,6-10H2,1-5H3/t11-,13+/m1/s1. The molecule has 1 heterocycles.